The Balaban J connectivity index is 1.60. The highest BCUT2D eigenvalue weighted by atomic mass is 32.2. The predicted octanol–water partition coefficient (Wildman–Crippen LogP) is 3.13. The molecule has 0 aliphatic carbocycles. The molecule has 0 radical (unpaired) electrons. The standard InChI is InChI=1S/C24H23F2N3O5S2/c25-18-3-1-16(12-19(18)26)15-2-4-20(34-10-7-28-5-8-33-9-6-28)17(11-15)13-21-23(32)29(24(35)36-21)27-14-22(30)31/h1-4,11-13,27H,5-10,14H2,(H,30,31)/b21-13-. The van der Waals surface area contributed by atoms with E-state index >= 15 is 0 Å². The van der Waals surface area contributed by atoms with Crippen LogP contribution in [0.1, 0.15) is 5.56 Å². The van der Waals surface area contributed by atoms with E-state index in [0.29, 0.717) is 48.8 Å². The third-order valence-corrected chi connectivity index (χ3v) is 6.80. The molecular weight excluding hydrogens is 512 g/mol. The van der Waals surface area contributed by atoms with Crippen LogP contribution in [0, 0.1) is 11.6 Å². The second kappa shape index (κ2) is 11.9. The largest absolute Gasteiger partial charge is 0.492 e. The quantitative estimate of drug-likeness (QED) is 0.371. The molecule has 12 heteroatoms. The first-order valence-electron chi connectivity index (χ1n) is 11.1. The number of hydrazine groups is 1. The Labute approximate surface area is 215 Å². The number of thioether (sulfide) groups is 1. The van der Waals surface area contributed by atoms with E-state index in [1.54, 1.807) is 24.3 Å². The van der Waals surface area contributed by atoms with Gasteiger partial charge in [-0.2, -0.15) is 0 Å². The van der Waals surface area contributed by atoms with Crippen molar-refractivity contribution in [3.63, 3.8) is 0 Å². The SMILES string of the molecule is O=C(O)CNN1C(=O)/C(=C/c2cc(-c3ccc(F)c(F)c3)ccc2OCCN2CCOCC2)SC1=S. The summed E-state index contributed by atoms with van der Waals surface area (Å²) in [4.78, 5) is 26.2. The van der Waals surface area contributed by atoms with Crippen molar-refractivity contribution >= 4 is 46.3 Å². The maximum atomic E-state index is 13.8. The van der Waals surface area contributed by atoms with Gasteiger partial charge in [0.1, 0.15) is 18.9 Å². The molecule has 2 fully saturated rings. The third kappa shape index (κ3) is 6.45. The highest BCUT2D eigenvalue weighted by Crippen LogP contribution is 2.35. The van der Waals surface area contributed by atoms with Crippen molar-refractivity contribution in [1.82, 2.24) is 15.3 Å². The summed E-state index contributed by atoms with van der Waals surface area (Å²) in [6.45, 7) is 3.59. The highest BCUT2D eigenvalue weighted by Gasteiger charge is 2.32. The number of amides is 1. The first kappa shape index (κ1) is 26.2. The first-order valence-corrected chi connectivity index (χ1v) is 12.3. The maximum absolute atomic E-state index is 13.8. The van der Waals surface area contributed by atoms with Gasteiger partial charge in [-0.1, -0.05) is 36.1 Å². The average molecular weight is 536 g/mol. The van der Waals surface area contributed by atoms with E-state index in [4.69, 9.17) is 26.8 Å². The molecule has 2 heterocycles. The molecule has 2 aliphatic heterocycles. The Hall–Kier alpha value is -2.90. The van der Waals surface area contributed by atoms with E-state index in [0.717, 1.165) is 42.0 Å². The summed E-state index contributed by atoms with van der Waals surface area (Å²) in [5, 5.41) is 9.91. The van der Waals surface area contributed by atoms with Crippen molar-refractivity contribution < 1.29 is 33.0 Å². The van der Waals surface area contributed by atoms with Crippen molar-refractivity contribution in [2.75, 3.05) is 46.0 Å². The van der Waals surface area contributed by atoms with Gasteiger partial charge < -0.3 is 14.6 Å². The number of aliphatic carboxylic acids is 1. The van der Waals surface area contributed by atoms with Crippen LogP contribution in [0.3, 0.4) is 0 Å². The molecule has 0 unspecified atom stereocenters. The lowest BCUT2D eigenvalue weighted by Gasteiger charge is -2.26. The van der Waals surface area contributed by atoms with E-state index in [2.05, 4.69) is 10.3 Å². The van der Waals surface area contributed by atoms with Crippen LogP contribution in [-0.2, 0) is 14.3 Å². The van der Waals surface area contributed by atoms with Gasteiger partial charge >= 0.3 is 5.97 Å². The number of hydrogen-bond acceptors (Lipinski definition) is 8. The number of thiocarbonyl (C=S) groups is 1. The molecule has 190 valence electrons. The molecule has 2 aliphatic rings. The lowest BCUT2D eigenvalue weighted by molar-refractivity contribution is -0.137. The molecule has 0 atom stereocenters. The molecular formula is C24H23F2N3O5S2. The predicted molar refractivity (Wildman–Crippen MR) is 135 cm³/mol. The highest BCUT2D eigenvalue weighted by molar-refractivity contribution is 8.26. The molecule has 0 spiro atoms. The molecule has 2 saturated heterocycles. The van der Waals surface area contributed by atoms with Gasteiger partial charge in [-0.05, 0) is 41.5 Å². The summed E-state index contributed by atoms with van der Waals surface area (Å²) >= 11 is 6.23. The third-order valence-electron chi connectivity index (χ3n) is 5.50. The van der Waals surface area contributed by atoms with E-state index in [9.17, 15) is 18.4 Å². The summed E-state index contributed by atoms with van der Waals surface area (Å²) < 4.78 is 38.8. The minimum atomic E-state index is -1.14. The van der Waals surface area contributed by atoms with E-state index in [-0.39, 0.29) is 9.23 Å². The maximum Gasteiger partial charge on any atom is 0.319 e. The second-order valence-electron chi connectivity index (χ2n) is 7.93. The fraction of sp³-hybridized carbons (Fsp3) is 0.292. The Kier molecular flexibility index (Phi) is 8.64. The number of morpholine rings is 1. The lowest BCUT2D eigenvalue weighted by atomic mass is 10.0. The minimum Gasteiger partial charge on any atom is -0.492 e. The summed E-state index contributed by atoms with van der Waals surface area (Å²) in [6.07, 6.45) is 1.59. The zero-order valence-electron chi connectivity index (χ0n) is 19.0. The van der Waals surface area contributed by atoms with Gasteiger partial charge in [-0.3, -0.25) is 14.5 Å². The second-order valence-corrected chi connectivity index (χ2v) is 9.61. The number of benzene rings is 2. The number of carbonyl (C=O) groups excluding carboxylic acids is 1. The van der Waals surface area contributed by atoms with Gasteiger partial charge in [-0.25, -0.2) is 19.2 Å². The van der Waals surface area contributed by atoms with Gasteiger partial charge in [0.05, 0.1) is 18.1 Å². The van der Waals surface area contributed by atoms with Gasteiger partial charge in [0, 0.05) is 25.2 Å². The van der Waals surface area contributed by atoms with Crippen LogP contribution < -0.4 is 10.2 Å². The lowest BCUT2D eigenvalue weighted by Crippen LogP contribution is -2.43. The fourth-order valence-electron chi connectivity index (χ4n) is 3.65. The number of nitrogens with zero attached hydrogens (tertiary/aromatic N) is 2. The van der Waals surface area contributed by atoms with Crippen LogP contribution in [0.15, 0.2) is 41.3 Å². The van der Waals surface area contributed by atoms with Crippen molar-refractivity contribution in [2.24, 2.45) is 0 Å². The first-order chi connectivity index (χ1) is 17.3. The number of carboxylic acid groups (broad SMARTS) is 1. The fourth-order valence-corrected chi connectivity index (χ4v) is 4.86. The van der Waals surface area contributed by atoms with Gasteiger partial charge in [-0.15, -0.1) is 0 Å². The number of carbonyl (C=O) groups is 2. The zero-order valence-corrected chi connectivity index (χ0v) is 20.7. The summed E-state index contributed by atoms with van der Waals surface area (Å²) in [6, 6.07) is 8.78. The van der Waals surface area contributed by atoms with Gasteiger partial charge in [0.25, 0.3) is 5.91 Å². The number of hydrogen-bond donors (Lipinski definition) is 2. The van der Waals surface area contributed by atoms with Gasteiger partial charge in [0.2, 0.25) is 0 Å². The van der Waals surface area contributed by atoms with E-state index < -0.39 is 30.1 Å². The van der Waals surface area contributed by atoms with Crippen LogP contribution in [0.4, 0.5) is 8.78 Å². The molecule has 0 aromatic heterocycles. The number of carboxylic acids is 1. The van der Waals surface area contributed by atoms with Crippen LogP contribution in [0.2, 0.25) is 0 Å². The molecule has 2 aromatic rings. The van der Waals surface area contributed by atoms with E-state index in [1.807, 2.05) is 0 Å². The summed E-state index contributed by atoms with van der Waals surface area (Å²) in [7, 11) is 0. The molecule has 36 heavy (non-hydrogen) atoms. The molecule has 1 amide bonds. The minimum absolute atomic E-state index is 0.166. The van der Waals surface area contributed by atoms with Crippen molar-refractivity contribution in [2.45, 2.75) is 0 Å². The molecule has 8 nitrogen and oxygen atoms in total. The van der Waals surface area contributed by atoms with Crippen molar-refractivity contribution in [1.29, 1.82) is 0 Å². The van der Waals surface area contributed by atoms with Gasteiger partial charge in [0.15, 0.2) is 16.0 Å². The average Bonchev–Trinajstić information content (AvgIpc) is 3.12. The summed E-state index contributed by atoms with van der Waals surface area (Å²) in [5.74, 6) is -3.05. The number of halogens is 2. The Morgan fingerprint density at radius 1 is 1.17 bits per heavy atom. The molecule has 2 aromatic carbocycles. The van der Waals surface area contributed by atoms with Crippen molar-refractivity contribution in [3.8, 4) is 16.9 Å². The van der Waals surface area contributed by atoms with Crippen LogP contribution in [0.5, 0.6) is 5.75 Å². The smallest absolute Gasteiger partial charge is 0.319 e. The van der Waals surface area contributed by atoms with Crippen LogP contribution in [-0.4, -0.2) is 77.2 Å². The molecule has 2 N–H and O–H groups in total. The Morgan fingerprint density at radius 2 is 1.89 bits per heavy atom. The number of nitrogens with one attached hydrogen (secondary N) is 1. The number of ether oxygens (including phenoxy) is 2. The molecule has 4 rings (SSSR count). The Morgan fingerprint density at radius 3 is 2.61 bits per heavy atom. The topological polar surface area (TPSA) is 91.3 Å². The zero-order chi connectivity index (χ0) is 25.7. The molecule has 0 saturated carbocycles. The molecule has 0 bridgehead atoms. The number of rotatable bonds is 9. The van der Waals surface area contributed by atoms with Crippen LogP contribution >= 0.6 is 24.0 Å². The van der Waals surface area contributed by atoms with E-state index in [1.165, 1.54) is 6.07 Å². The normalized spacial score (nSPS) is 17.7. The van der Waals surface area contributed by atoms with Crippen molar-refractivity contribution in [3.05, 3.63) is 58.5 Å². The summed E-state index contributed by atoms with van der Waals surface area (Å²) in [5.41, 5.74) is 4.08. The Bertz CT molecular complexity index is 1200. The monoisotopic (exact) mass is 535 g/mol. The van der Waals surface area contributed by atoms with Crippen LogP contribution in [0.25, 0.3) is 17.2 Å².